The Hall–Kier alpha value is -5.03. The number of ether oxygens (including phenoxy) is 2. The van der Waals surface area contributed by atoms with Crippen molar-refractivity contribution in [3.8, 4) is 11.5 Å². The summed E-state index contributed by atoms with van der Waals surface area (Å²) >= 11 is 0. The number of aryl methyl sites for hydroxylation is 2. The fraction of sp³-hybridized carbons (Fsp3) is 0.139. The number of esters is 1. The van der Waals surface area contributed by atoms with E-state index in [1.807, 2.05) is 84.9 Å². The van der Waals surface area contributed by atoms with Crippen LogP contribution in [-0.2, 0) is 16.8 Å². The van der Waals surface area contributed by atoms with Crippen molar-refractivity contribution in [3.05, 3.63) is 149 Å². The van der Waals surface area contributed by atoms with Gasteiger partial charge >= 0.3 is 5.97 Å². The number of carbonyl (C=O) groups is 1. The summed E-state index contributed by atoms with van der Waals surface area (Å²) in [6, 6.07) is 38.3. The maximum absolute atomic E-state index is 13.4. The third-order valence-electron chi connectivity index (χ3n) is 7.93. The van der Waals surface area contributed by atoms with Crippen molar-refractivity contribution >= 4 is 23.0 Å². The second-order valence-electron chi connectivity index (χ2n) is 10.6. The third-order valence-corrected chi connectivity index (χ3v) is 7.93. The van der Waals surface area contributed by atoms with Crippen LogP contribution in [-0.4, -0.2) is 12.5 Å². The molecule has 5 heteroatoms. The Labute approximate surface area is 239 Å². The molecule has 1 unspecified atom stereocenters. The fourth-order valence-corrected chi connectivity index (χ4v) is 6.00. The van der Waals surface area contributed by atoms with Crippen LogP contribution in [0.2, 0.25) is 0 Å². The number of fused-ring (bicyclic) bond motifs is 6. The Morgan fingerprint density at radius 3 is 2.32 bits per heavy atom. The highest BCUT2D eigenvalue weighted by Gasteiger charge is 2.54. The lowest BCUT2D eigenvalue weighted by molar-refractivity contribution is 0.0227. The Morgan fingerprint density at radius 2 is 1.49 bits per heavy atom. The Bertz CT molecular complexity index is 1750. The zero-order valence-corrected chi connectivity index (χ0v) is 22.8. The summed E-state index contributed by atoms with van der Waals surface area (Å²) in [5.41, 5.74) is 6.99. The first-order chi connectivity index (χ1) is 20.1. The maximum atomic E-state index is 13.4. The molecular formula is C36H30N2O3. The minimum atomic E-state index is -1.15. The maximum Gasteiger partial charge on any atom is 0.340 e. The highest BCUT2D eigenvalue weighted by atomic mass is 16.6. The lowest BCUT2D eigenvalue weighted by atomic mass is 9.76. The topological polar surface area (TPSA) is 59.6 Å². The van der Waals surface area contributed by atoms with Gasteiger partial charge in [-0.2, -0.15) is 0 Å². The molecule has 0 bridgehead atoms. The number of anilines is 3. The van der Waals surface area contributed by atoms with Crippen molar-refractivity contribution in [2.24, 2.45) is 0 Å². The number of carbonyl (C=O) groups excluding carboxylic acids is 1. The van der Waals surface area contributed by atoms with Crippen LogP contribution in [0.1, 0.15) is 44.6 Å². The average Bonchev–Trinajstić information content (AvgIpc) is 3.29. The van der Waals surface area contributed by atoms with Gasteiger partial charge in [0.25, 0.3) is 0 Å². The molecule has 2 aliphatic heterocycles. The van der Waals surface area contributed by atoms with Crippen molar-refractivity contribution < 1.29 is 14.3 Å². The normalized spacial score (nSPS) is 16.3. The molecule has 1 spiro atoms. The van der Waals surface area contributed by atoms with Crippen LogP contribution in [0.15, 0.2) is 115 Å². The lowest BCUT2D eigenvalue weighted by Gasteiger charge is -2.38. The zero-order valence-electron chi connectivity index (χ0n) is 22.8. The number of hydrogen-bond donors (Lipinski definition) is 2. The number of hydrogen-bond acceptors (Lipinski definition) is 5. The standard InChI is InChI=1S/C36H30N2O3/c1-24-22-33-29(23-31(24)38-26-15-6-3-7-16-26)36(28-18-9-8-17-27(28)35(39)41-36)34-30(19-10-20-32(34)40-33)37-21-11-14-25-12-4-2-5-13-25/h2-10,12-13,15-20,22-23,37-38H,11,14,21H2,1H3. The SMILES string of the molecule is Cc1cc2c(cc1Nc1ccccc1)C1(OC(=O)c3ccccc31)c1c(NCCCc3ccccc3)cccc1O2. The molecule has 2 aliphatic rings. The van der Waals surface area contributed by atoms with E-state index in [4.69, 9.17) is 9.47 Å². The second kappa shape index (κ2) is 10.2. The van der Waals surface area contributed by atoms with Crippen LogP contribution < -0.4 is 15.4 Å². The Kier molecular flexibility index (Phi) is 6.20. The molecule has 0 radical (unpaired) electrons. The molecule has 0 aromatic heterocycles. The molecule has 0 aliphatic carbocycles. The van der Waals surface area contributed by atoms with E-state index >= 15 is 0 Å². The van der Waals surface area contributed by atoms with E-state index in [0.717, 1.165) is 58.7 Å². The molecule has 41 heavy (non-hydrogen) atoms. The largest absolute Gasteiger partial charge is 0.456 e. The van der Waals surface area contributed by atoms with Crippen LogP contribution in [0, 0.1) is 6.92 Å². The molecule has 0 saturated heterocycles. The number of rotatable bonds is 7. The van der Waals surface area contributed by atoms with Crippen molar-refractivity contribution in [1.82, 2.24) is 0 Å². The molecular weight excluding hydrogens is 508 g/mol. The van der Waals surface area contributed by atoms with Crippen molar-refractivity contribution in [2.45, 2.75) is 25.4 Å². The molecule has 2 heterocycles. The minimum absolute atomic E-state index is 0.337. The predicted molar refractivity (Wildman–Crippen MR) is 162 cm³/mol. The second-order valence-corrected chi connectivity index (χ2v) is 10.6. The van der Waals surface area contributed by atoms with Gasteiger partial charge in [0.2, 0.25) is 0 Å². The van der Waals surface area contributed by atoms with Gasteiger partial charge in [0.05, 0.1) is 11.1 Å². The third kappa shape index (κ3) is 4.30. The number of nitrogens with one attached hydrogen (secondary N) is 2. The summed E-state index contributed by atoms with van der Waals surface area (Å²) in [5, 5.41) is 7.20. The molecule has 202 valence electrons. The summed E-state index contributed by atoms with van der Waals surface area (Å²) < 4.78 is 13.0. The molecule has 5 nitrogen and oxygen atoms in total. The molecule has 0 fully saturated rings. The van der Waals surface area contributed by atoms with E-state index < -0.39 is 5.60 Å². The van der Waals surface area contributed by atoms with E-state index in [1.54, 1.807) is 0 Å². The minimum Gasteiger partial charge on any atom is -0.456 e. The monoisotopic (exact) mass is 538 g/mol. The summed E-state index contributed by atoms with van der Waals surface area (Å²) in [6.45, 7) is 2.81. The summed E-state index contributed by atoms with van der Waals surface area (Å²) in [5.74, 6) is 1.02. The van der Waals surface area contributed by atoms with Gasteiger partial charge in [-0.15, -0.1) is 0 Å². The molecule has 0 amide bonds. The van der Waals surface area contributed by atoms with Gasteiger partial charge in [-0.1, -0.05) is 72.8 Å². The highest BCUT2D eigenvalue weighted by molar-refractivity contribution is 5.97. The first kappa shape index (κ1) is 25.0. The number of para-hydroxylation sites is 1. The fourth-order valence-electron chi connectivity index (χ4n) is 6.00. The first-order valence-electron chi connectivity index (χ1n) is 14.0. The van der Waals surface area contributed by atoms with E-state index in [0.29, 0.717) is 17.1 Å². The predicted octanol–water partition coefficient (Wildman–Crippen LogP) is 8.35. The van der Waals surface area contributed by atoms with Crippen LogP contribution in [0.3, 0.4) is 0 Å². The summed E-state index contributed by atoms with van der Waals surface area (Å²) in [4.78, 5) is 13.4. The smallest absolute Gasteiger partial charge is 0.340 e. The van der Waals surface area contributed by atoms with E-state index in [2.05, 4.69) is 47.9 Å². The van der Waals surface area contributed by atoms with Crippen molar-refractivity contribution in [3.63, 3.8) is 0 Å². The molecule has 0 saturated carbocycles. The van der Waals surface area contributed by atoms with Crippen LogP contribution >= 0.6 is 0 Å². The quantitative estimate of drug-likeness (QED) is 0.161. The van der Waals surface area contributed by atoms with Gasteiger partial charge in [0.15, 0.2) is 5.60 Å². The van der Waals surface area contributed by atoms with Crippen LogP contribution in [0.4, 0.5) is 17.1 Å². The molecule has 5 aromatic carbocycles. The van der Waals surface area contributed by atoms with Gasteiger partial charge in [0, 0.05) is 34.7 Å². The van der Waals surface area contributed by atoms with Gasteiger partial charge in [-0.25, -0.2) is 4.79 Å². The molecule has 5 aromatic rings. The van der Waals surface area contributed by atoms with Crippen molar-refractivity contribution in [2.75, 3.05) is 17.2 Å². The van der Waals surface area contributed by atoms with Crippen LogP contribution in [0.5, 0.6) is 11.5 Å². The molecule has 1 atom stereocenters. The van der Waals surface area contributed by atoms with Gasteiger partial charge < -0.3 is 20.1 Å². The Balaban J connectivity index is 1.34. The molecule has 2 N–H and O–H groups in total. The highest BCUT2D eigenvalue weighted by Crippen LogP contribution is 2.58. The zero-order chi connectivity index (χ0) is 27.8. The molecule has 7 rings (SSSR count). The summed E-state index contributed by atoms with van der Waals surface area (Å²) in [7, 11) is 0. The van der Waals surface area contributed by atoms with Crippen LogP contribution in [0.25, 0.3) is 0 Å². The van der Waals surface area contributed by atoms with Crippen molar-refractivity contribution in [1.29, 1.82) is 0 Å². The van der Waals surface area contributed by atoms with Gasteiger partial charge in [-0.3, -0.25) is 0 Å². The first-order valence-corrected chi connectivity index (χ1v) is 14.0. The van der Waals surface area contributed by atoms with Gasteiger partial charge in [-0.05, 0) is 73.4 Å². The van der Waals surface area contributed by atoms with E-state index in [1.165, 1.54) is 5.56 Å². The lowest BCUT2D eigenvalue weighted by Crippen LogP contribution is -2.34. The number of benzene rings is 5. The Morgan fingerprint density at radius 1 is 0.732 bits per heavy atom. The van der Waals surface area contributed by atoms with Gasteiger partial charge in [0.1, 0.15) is 11.5 Å². The van der Waals surface area contributed by atoms with E-state index in [9.17, 15) is 4.79 Å². The summed E-state index contributed by atoms with van der Waals surface area (Å²) in [6.07, 6.45) is 1.93. The van der Waals surface area contributed by atoms with E-state index in [-0.39, 0.29) is 5.97 Å². The average molecular weight is 539 g/mol.